The predicted molar refractivity (Wildman–Crippen MR) is 84.9 cm³/mol. The molecule has 1 saturated heterocycles. The summed E-state index contributed by atoms with van der Waals surface area (Å²) in [6, 6.07) is 3.19. The standard InChI is InChI=1S/C16H18ClF3N2O2/c1-11(23)22(10-15(24)21-7-3-2-4-8-21)12-5-6-14(17)13(9-12)16(18,19)20/h5-6,9H,2-4,7-8,10H2,1H3. The zero-order chi connectivity index (χ0) is 17.9. The first kappa shape index (κ1) is 18.6. The summed E-state index contributed by atoms with van der Waals surface area (Å²) < 4.78 is 39.0. The fourth-order valence-corrected chi connectivity index (χ4v) is 2.89. The maximum absolute atomic E-state index is 13.0. The van der Waals surface area contributed by atoms with Gasteiger partial charge in [0.25, 0.3) is 0 Å². The van der Waals surface area contributed by atoms with Crippen molar-refractivity contribution >= 4 is 29.1 Å². The monoisotopic (exact) mass is 362 g/mol. The number of alkyl halides is 3. The molecule has 0 radical (unpaired) electrons. The Balaban J connectivity index is 2.24. The van der Waals surface area contributed by atoms with Crippen molar-refractivity contribution in [1.29, 1.82) is 0 Å². The Bertz CT molecular complexity index is 628. The molecule has 1 aromatic carbocycles. The van der Waals surface area contributed by atoms with Crippen molar-refractivity contribution in [2.75, 3.05) is 24.5 Å². The number of carbonyl (C=O) groups excluding carboxylic acids is 2. The number of hydrogen-bond acceptors (Lipinski definition) is 2. The minimum absolute atomic E-state index is 0.00424. The van der Waals surface area contributed by atoms with E-state index < -0.39 is 22.7 Å². The van der Waals surface area contributed by atoms with E-state index in [0.717, 1.165) is 36.3 Å². The number of likely N-dealkylation sites (tertiary alicyclic amines) is 1. The molecule has 2 rings (SSSR count). The highest BCUT2D eigenvalue weighted by atomic mass is 35.5. The molecular formula is C16H18ClF3N2O2. The Labute approximate surface area is 143 Å². The quantitative estimate of drug-likeness (QED) is 0.822. The number of rotatable bonds is 3. The van der Waals surface area contributed by atoms with Gasteiger partial charge in [-0.2, -0.15) is 13.2 Å². The Morgan fingerprint density at radius 2 is 1.83 bits per heavy atom. The van der Waals surface area contributed by atoms with Crippen molar-refractivity contribution in [3.63, 3.8) is 0 Å². The molecule has 0 bridgehead atoms. The van der Waals surface area contributed by atoms with E-state index in [-0.39, 0.29) is 18.1 Å². The van der Waals surface area contributed by atoms with E-state index in [2.05, 4.69) is 0 Å². The molecule has 0 N–H and O–H groups in total. The Hall–Kier alpha value is -1.76. The van der Waals surface area contributed by atoms with Gasteiger partial charge in [0.1, 0.15) is 6.54 Å². The van der Waals surface area contributed by atoms with Gasteiger partial charge in [0.2, 0.25) is 11.8 Å². The lowest BCUT2D eigenvalue weighted by Crippen LogP contribution is -2.44. The van der Waals surface area contributed by atoms with E-state index in [0.29, 0.717) is 13.1 Å². The molecule has 0 saturated carbocycles. The third-order valence-corrected chi connectivity index (χ3v) is 4.28. The van der Waals surface area contributed by atoms with Crippen LogP contribution in [0.1, 0.15) is 31.7 Å². The van der Waals surface area contributed by atoms with Crippen LogP contribution in [0.15, 0.2) is 18.2 Å². The van der Waals surface area contributed by atoms with Gasteiger partial charge >= 0.3 is 6.18 Å². The molecule has 132 valence electrons. The van der Waals surface area contributed by atoms with Gasteiger partial charge in [-0.15, -0.1) is 0 Å². The van der Waals surface area contributed by atoms with E-state index in [1.165, 1.54) is 13.0 Å². The van der Waals surface area contributed by atoms with Gasteiger partial charge in [-0.3, -0.25) is 9.59 Å². The van der Waals surface area contributed by atoms with E-state index in [1.54, 1.807) is 4.90 Å². The smallest absolute Gasteiger partial charge is 0.341 e. The van der Waals surface area contributed by atoms with E-state index in [1.807, 2.05) is 0 Å². The molecule has 4 nitrogen and oxygen atoms in total. The molecular weight excluding hydrogens is 345 g/mol. The first-order valence-corrected chi connectivity index (χ1v) is 8.00. The van der Waals surface area contributed by atoms with Crippen molar-refractivity contribution < 1.29 is 22.8 Å². The number of hydrogen-bond donors (Lipinski definition) is 0. The zero-order valence-corrected chi connectivity index (χ0v) is 14.0. The molecule has 0 spiro atoms. The summed E-state index contributed by atoms with van der Waals surface area (Å²) in [5.41, 5.74) is -1.03. The summed E-state index contributed by atoms with van der Waals surface area (Å²) in [6.45, 7) is 2.15. The van der Waals surface area contributed by atoms with Crippen molar-refractivity contribution in [2.45, 2.75) is 32.4 Å². The van der Waals surface area contributed by atoms with Crippen LogP contribution in [0, 0.1) is 0 Å². The van der Waals surface area contributed by atoms with Crippen molar-refractivity contribution in [2.24, 2.45) is 0 Å². The van der Waals surface area contributed by atoms with Gasteiger partial charge in [0.15, 0.2) is 0 Å². The van der Waals surface area contributed by atoms with Crippen LogP contribution in [-0.4, -0.2) is 36.3 Å². The molecule has 1 fully saturated rings. The Kier molecular flexibility index (Phi) is 5.74. The molecule has 8 heteroatoms. The molecule has 24 heavy (non-hydrogen) atoms. The average Bonchev–Trinajstić information content (AvgIpc) is 2.52. The first-order chi connectivity index (χ1) is 11.2. The third kappa shape index (κ3) is 4.41. The third-order valence-electron chi connectivity index (χ3n) is 3.95. The Morgan fingerprint density at radius 1 is 1.21 bits per heavy atom. The molecule has 0 aliphatic carbocycles. The van der Waals surface area contributed by atoms with E-state index in [4.69, 9.17) is 11.6 Å². The molecule has 2 amide bonds. The zero-order valence-electron chi connectivity index (χ0n) is 13.2. The topological polar surface area (TPSA) is 40.6 Å². The molecule has 1 aliphatic heterocycles. The van der Waals surface area contributed by atoms with Crippen molar-refractivity contribution in [1.82, 2.24) is 4.90 Å². The molecule has 0 atom stereocenters. The van der Waals surface area contributed by atoms with Crippen LogP contribution in [-0.2, 0) is 15.8 Å². The summed E-state index contributed by atoms with van der Waals surface area (Å²) >= 11 is 5.59. The number of amides is 2. The van der Waals surface area contributed by atoms with Gasteiger partial charge < -0.3 is 9.80 Å². The highest BCUT2D eigenvalue weighted by Crippen LogP contribution is 2.37. The molecule has 0 unspecified atom stereocenters. The summed E-state index contributed by atoms with van der Waals surface area (Å²) in [5.74, 6) is -0.774. The van der Waals surface area contributed by atoms with Crippen molar-refractivity contribution in [3.05, 3.63) is 28.8 Å². The van der Waals surface area contributed by atoms with Crippen LogP contribution in [0.25, 0.3) is 0 Å². The summed E-state index contributed by atoms with van der Waals surface area (Å²) in [7, 11) is 0. The van der Waals surface area contributed by atoms with Crippen LogP contribution in [0.5, 0.6) is 0 Å². The van der Waals surface area contributed by atoms with Crippen molar-refractivity contribution in [3.8, 4) is 0 Å². The van der Waals surface area contributed by atoms with Gasteiger partial charge in [-0.05, 0) is 37.5 Å². The maximum Gasteiger partial charge on any atom is 0.417 e. The van der Waals surface area contributed by atoms with Crippen LogP contribution in [0.2, 0.25) is 5.02 Å². The highest BCUT2D eigenvalue weighted by Gasteiger charge is 2.34. The lowest BCUT2D eigenvalue weighted by molar-refractivity contribution is -0.137. The van der Waals surface area contributed by atoms with Gasteiger partial charge in [-0.1, -0.05) is 11.6 Å². The van der Waals surface area contributed by atoms with Crippen LogP contribution in [0.4, 0.5) is 18.9 Å². The number of halogens is 4. The minimum atomic E-state index is -4.63. The SMILES string of the molecule is CC(=O)N(CC(=O)N1CCCCC1)c1ccc(Cl)c(C(F)(F)F)c1. The molecule has 0 aromatic heterocycles. The number of carbonyl (C=O) groups is 2. The van der Waals surface area contributed by atoms with Crippen LogP contribution < -0.4 is 4.90 Å². The summed E-state index contributed by atoms with van der Waals surface area (Å²) in [4.78, 5) is 26.9. The number of nitrogens with zero attached hydrogens (tertiary/aromatic N) is 2. The molecule has 1 aliphatic rings. The van der Waals surface area contributed by atoms with E-state index in [9.17, 15) is 22.8 Å². The van der Waals surface area contributed by atoms with Crippen LogP contribution in [0.3, 0.4) is 0 Å². The second kappa shape index (κ2) is 7.42. The summed E-state index contributed by atoms with van der Waals surface area (Å²) in [6.07, 6.45) is -1.80. The fraction of sp³-hybridized carbons (Fsp3) is 0.500. The largest absolute Gasteiger partial charge is 0.417 e. The normalized spacial score (nSPS) is 15.3. The lowest BCUT2D eigenvalue weighted by Gasteiger charge is -2.30. The van der Waals surface area contributed by atoms with E-state index >= 15 is 0 Å². The molecule has 1 aromatic rings. The Morgan fingerprint density at radius 3 is 2.38 bits per heavy atom. The highest BCUT2D eigenvalue weighted by molar-refractivity contribution is 6.31. The van der Waals surface area contributed by atoms with Crippen LogP contribution >= 0.6 is 11.6 Å². The first-order valence-electron chi connectivity index (χ1n) is 7.63. The lowest BCUT2D eigenvalue weighted by atomic mass is 10.1. The molecule has 1 heterocycles. The second-order valence-corrected chi connectivity index (χ2v) is 6.12. The average molecular weight is 363 g/mol. The summed E-state index contributed by atoms with van der Waals surface area (Å²) in [5, 5.41) is -0.447. The van der Waals surface area contributed by atoms with Gasteiger partial charge in [-0.25, -0.2) is 0 Å². The minimum Gasteiger partial charge on any atom is -0.341 e. The predicted octanol–water partition coefficient (Wildman–Crippen LogP) is 3.72. The number of piperidine rings is 1. The van der Waals surface area contributed by atoms with Gasteiger partial charge in [0.05, 0.1) is 10.6 Å². The van der Waals surface area contributed by atoms with Gasteiger partial charge in [0, 0.05) is 25.7 Å². The second-order valence-electron chi connectivity index (χ2n) is 5.71. The maximum atomic E-state index is 13.0. The number of anilines is 1. The fourth-order valence-electron chi connectivity index (χ4n) is 2.66. The number of benzene rings is 1.